The smallest absolute Gasteiger partial charge is 0.315 e. The number of nitrogens with one attached hydrogen (secondary N) is 2. The van der Waals surface area contributed by atoms with E-state index in [0.717, 1.165) is 12.8 Å². The lowest BCUT2D eigenvalue weighted by atomic mass is 10.1. The molecule has 2 amide bonds. The van der Waals surface area contributed by atoms with Gasteiger partial charge in [-0.05, 0) is 43.0 Å². The Morgan fingerprint density at radius 1 is 1.37 bits per heavy atom. The third-order valence-electron chi connectivity index (χ3n) is 3.38. The maximum absolute atomic E-state index is 13.4. The van der Waals surface area contributed by atoms with E-state index in [9.17, 15) is 9.18 Å². The van der Waals surface area contributed by atoms with E-state index in [1.165, 1.54) is 25.0 Å². The summed E-state index contributed by atoms with van der Waals surface area (Å²) in [6.07, 6.45) is 4.90. The fraction of sp³-hybridized carbons (Fsp3) is 0.500. The molecule has 0 unspecified atom stereocenters. The van der Waals surface area contributed by atoms with Gasteiger partial charge in [-0.1, -0.05) is 24.4 Å². The molecule has 1 aromatic rings. The highest BCUT2D eigenvalue weighted by Crippen LogP contribution is 2.17. The van der Waals surface area contributed by atoms with Gasteiger partial charge >= 0.3 is 6.03 Å². The predicted molar refractivity (Wildman–Crippen MR) is 73.9 cm³/mol. The highest BCUT2D eigenvalue weighted by atomic mass is 35.5. The van der Waals surface area contributed by atoms with Crippen LogP contribution in [0.5, 0.6) is 0 Å². The van der Waals surface area contributed by atoms with E-state index in [0.29, 0.717) is 29.6 Å². The molecule has 0 aromatic heterocycles. The number of benzene rings is 1. The minimum absolute atomic E-state index is 0.172. The summed E-state index contributed by atoms with van der Waals surface area (Å²) in [6.45, 7) is 0.399. The van der Waals surface area contributed by atoms with Gasteiger partial charge in [0.25, 0.3) is 0 Å². The Morgan fingerprint density at radius 3 is 2.84 bits per heavy atom. The van der Waals surface area contributed by atoms with Crippen molar-refractivity contribution in [3.8, 4) is 0 Å². The molecule has 0 aliphatic heterocycles. The first-order valence-electron chi connectivity index (χ1n) is 6.63. The number of urea groups is 1. The van der Waals surface area contributed by atoms with Crippen LogP contribution in [0, 0.1) is 5.82 Å². The second-order valence-electron chi connectivity index (χ2n) is 4.87. The first-order chi connectivity index (χ1) is 9.15. The van der Waals surface area contributed by atoms with Gasteiger partial charge in [-0.3, -0.25) is 0 Å². The van der Waals surface area contributed by atoms with E-state index < -0.39 is 0 Å². The van der Waals surface area contributed by atoms with Crippen LogP contribution >= 0.6 is 11.6 Å². The van der Waals surface area contributed by atoms with Crippen molar-refractivity contribution < 1.29 is 9.18 Å². The standard InChI is InChI=1S/C14H18ClFN2O/c15-11-5-6-13(16)10(9-11)7-8-17-14(19)18-12-3-1-2-4-12/h5-6,9,12H,1-4,7-8H2,(H2,17,18,19). The molecule has 0 spiro atoms. The summed E-state index contributed by atoms with van der Waals surface area (Å²) in [6, 6.07) is 4.57. The summed E-state index contributed by atoms with van der Waals surface area (Å²) in [5.41, 5.74) is 0.522. The minimum atomic E-state index is -0.289. The summed E-state index contributed by atoms with van der Waals surface area (Å²) in [4.78, 5) is 11.6. The maximum Gasteiger partial charge on any atom is 0.315 e. The lowest BCUT2D eigenvalue weighted by Gasteiger charge is -2.13. The van der Waals surface area contributed by atoms with E-state index in [-0.39, 0.29) is 11.8 Å². The Balaban J connectivity index is 1.73. The molecule has 0 heterocycles. The SMILES string of the molecule is O=C(NCCc1cc(Cl)ccc1F)NC1CCCC1. The maximum atomic E-state index is 13.4. The molecule has 2 N–H and O–H groups in total. The Hall–Kier alpha value is -1.29. The molecular weight excluding hydrogens is 267 g/mol. The number of hydrogen-bond donors (Lipinski definition) is 2. The van der Waals surface area contributed by atoms with E-state index in [2.05, 4.69) is 10.6 Å². The number of carbonyl (C=O) groups excluding carboxylic acids is 1. The normalized spacial score (nSPS) is 15.5. The van der Waals surface area contributed by atoms with E-state index >= 15 is 0 Å². The third-order valence-corrected chi connectivity index (χ3v) is 3.61. The molecule has 1 aromatic carbocycles. The van der Waals surface area contributed by atoms with Crippen LogP contribution < -0.4 is 10.6 Å². The van der Waals surface area contributed by atoms with Crippen LogP contribution in [-0.4, -0.2) is 18.6 Å². The average Bonchev–Trinajstić information content (AvgIpc) is 2.86. The molecule has 5 heteroatoms. The summed E-state index contributed by atoms with van der Waals surface area (Å²) in [5, 5.41) is 6.17. The molecule has 0 radical (unpaired) electrons. The van der Waals surface area contributed by atoms with Gasteiger partial charge in [0.1, 0.15) is 5.82 Å². The molecule has 1 fully saturated rings. The molecule has 1 saturated carbocycles. The minimum Gasteiger partial charge on any atom is -0.338 e. The molecule has 2 rings (SSSR count). The monoisotopic (exact) mass is 284 g/mol. The van der Waals surface area contributed by atoms with Crippen LogP contribution in [0.2, 0.25) is 5.02 Å². The van der Waals surface area contributed by atoms with Gasteiger partial charge in [-0.15, -0.1) is 0 Å². The lowest BCUT2D eigenvalue weighted by molar-refractivity contribution is 0.237. The fourth-order valence-corrected chi connectivity index (χ4v) is 2.55. The zero-order valence-corrected chi connectivity index (χ0v) is 11.5. The lowest BCUT2D eigenvalue weighted by Crippen LogP contribution is -2.41. The molecule has 3 nitrogen and oxygen atoms in total. The highest BCUT2D eigenvalue weighted by Gasteiger charge is 2.16. The van der Waals surface area contributed by atoms with Crippen molar-refractivity contribution in [2.24, 2.45) is 0 Å². The fourth-order valence-electron chi connectivity index (χ4n) is 2.35. The number of carbonyl (C=O) groups is 1. The van der Waals surface area contributed by atoms with Crippen LogP contribution in [0.4, 0.5) is 9.18 Å². The van der Waals surface area contributed by atoms with Crippen molar-refractivity contribution in [2.45, 2.75) is 38.1 Å². The van der Waals surface area contributed by atoms with E-state index in [1.54, 1.807) is 6.07 Å². The van der Waals surface area contributed by atoms with Gasteiger partial charge in [0.2, 0.25) is 0 Å². The first-order valence-corrected chi connectivity index (χ1v) is 7.01. The van der Waals surface area contributed by atoms with Gasteiger partial charge in [-0.25, -0.2) is 9.18 Å². The topological polar surface area (TPSA) is 41.1 Å². The number of amides is 2. The van der Waals surface area contributed by atoms with Gasteiger partial charge in [0, 0.05) is 17.6 Å². The molecule has 104 valence electrons. The van der Waals surface area contributed by atoms with Crippen molar-refractivity contribution in [3.05, 3.63) is 34.6 Å². The molecular formula is C14H18ClFN2O. The van der Waals surface area contributed by atoms with Gasteiger partial charge < -0.3 is 10.6 Å². The quantitative estimate of drug-likeness (QED) is 0.875. The van der Waals surface area contributed by atoms with Crippen LogP contribution in [0.3, 0.4) is 0 Å². The Kier molecular flexibility index (Phi) is 5.02. The number of rotatable bonds is 4. The molecule has 1 aliphatic carbocycles. The summed E-state index contributed by atoms with van der Waals surface area (Å²) in [5.74, 6) is -0.289. The largest absolute Gasteiger partial charge is 0.338 e. The van der Waals surface area contributed by atoms with E-state index in [1.807, 2.05) is 0 Å². The number of halogens is 2. The molecule has 0 atom stereocenters. The Morgan fingerprint density at radius 2 is 2.11 bits per heavy atom. The third kappa shape index (κ3) is 4.39. The van der Waals surface area contributed by atoms with Crippen molar-refractivity contribution >= 4 is 17.6 Å². The number of hydrogen-bond acceptors (Lipinski definition) is 1. The molecule has 0 bridgehead atoms. The molecule has 19 heavy (non-hydrogen) atoms. The van der Waals surface area contributed by atoms with E-state index in [4.69, 9.17) is 11.6 Å². The molecule has 0 saturated heterocycles. The summed E-state index contributed by atoms with van der Waals surface area (Å²) < 4.78 is 13.4. The van der Waals surface area contributed by atoms with Crippen molar-refractivity contribution in [1.29, 1.82) is 0 Å². The van der Waals surface area contributed by atoms with Crippen molar-refractivity contribution in [1.82, 2.24) is 10.6 Å². The van der Waals surface area contributed by atoms with Gasteiger partial charge in [0.05, 0.1) is 0 Å². The summed E-state index contributed by atoms with van der Waals surface area (Å²) in [7, 11) is 0. The highest BCUT2D eigenvalue weighted by molar-refractivity contribution is 6.30. The van der Waals surface area contributed by atoms with Crippen molar-refractivity contribution in [2.75, 3.05) is 6.54 Å². The average molecular weight is 285 g/mol. The molecule has 1 aliphatic rings. The Bertz CT molecular complexity index is 447. The van der Waals surface area contributed by atoms with Crippen molar-refractivity contribution in [3.63, 3.8) is 0 Å². The van der Waals surface area contributed by atoms with Crippen LogP contribution in [0.25, 0.3) is 0 Å². The van der Waals surface area contributed by atoms with Crippen LogP contribution in [0.15, 0.2) is 18.2 Å². The van der Waals surface area contributed by atoms with Gasteiger partial charge in [0.15, 0.2) is 0 Å². The first kappa shape index (κ1) is 14.1. The Labute approximate surface area is 117 Å². The summed E-state index contributed by atoms with van der Waals surface area (Å²) >= 11 is 5.81. The van der Waals surface area contributed by atoms with Gasteiger partial charge in [-0.2, -0.15) is 0 Å². The van der Waals surface area contributed by atoms with Crippen LogP contribution in [0.1, 0.15) is 31.2 Å². The van der Waals surface area contributed by atoms with Crippen LogP contribution in [-0.2, 0) is 6.42 Å². The second kappa shape index (κ2) is 6.75. The predicted octanol–water partition coefficient (Wildman–Crippen LogP) is 3.26. The zero-order valence-electron chi connectivity index (χ0n) is 10.7. The zero-order chi connectivity index (χ0) is 13.7. The second-order valence-corrected chi connectivity index (χ2v) is 5.30.